The maximum atomic E-state index is 13.2. The van der Waals surface area contributed by atoms with E-state index in [2.05, 4.69) is 11.4 Å². The molecule has 2 fully saturated rings. The summed E-state index contributed by atoms with van der Waals surface area (Å²) in [5.41, 5.74) is 3.45. The molecule has 5 nitrogen and oxygen atoms in total. The van der Waals surface area contributed by atoms with Crippen molar-refractivity contribution in [2.24, 2.45) is 23.7 Å². The Bertz CT molecular complexity index is 1140. The van der Waals surface area contributed by atoms with Crippen LogP contribution in [0.3, 0.4) is 0 Å². The van der Waals surface area contributed by atoms with Crippen LogP contribution >= 0.6 is 11.6 Å². The molecule has 3 amide bonds. The third-order valence-electron chi connectivity index (χ3n) is 6.76. The van der Waals surface area contributed by atoms with Crippen molar-refractivity contribution in [3.63, 3.8) is 0 Å². The lowest BCUT2D eigenvalue weighted by atomic mass is 9.82. The van der Waals surface area contributed by atoms with E-state index in [-0.39, 0.29) is 41.4 Å². The van der Waals surface area contributed by atoms with Crippen LogP contribution in [0.4, 0.5) is 11.4 Å². The van der Waals surface area contributed by atoms with E-state index in [4.69, 9.17) is 11.6 Å². The average Bonchev–Trinajstić information content (AvgIpc) is 3.36. The Kier molecular flexibility index (Phi) is 4.33. The van der Waals surface area contributed by atoms with Crippen LogP contribution in [-0.2, 0) is 9.59 Å². The standard InChI is InChI=1S/C24H21ClN2O3/c1-12-9-15-11-17(12)21-20(15)23(29)27(24(21)30)16-6-3-5-14(10-16)22(28)26-19-8-4-7-18(25)13(19)2/h3-10,15,17,20-21H,11H2,1-2H3,(H,26,28)/t15-,17-,20-,21+/m1/s1. The lowest BCUT2D eigenvalue weighted by Crippen LogP contribution is -2.33. The molecule has 1 N–H and O–H groups in total. The molecule has 6 heteroatoms. The number of nitrogens with zero attached hydrogens (tertiary/aromatic N) is 1. The molecule has 1 saturated carbocycles. The van der Waals surface area contributed by atoms with Crippen molar-refractivity contribution in [3.8, 4) is 0 Å². The maximum Gasteiger partial charge on any atom is 0.255 e. The van der Waals surface area contributed by atoms with Gasteiger partial charge in [-0.2, -0.15) is 0 Å². The Morgan fingerprint density at radius 2 is 1.80 bits per heavy atom. The number of imide groups is 1. The highest BCUT2D eigenvalue weighted by molar-refractivity contribution is 6.31. The van der Waals surface area contributed by atoms with Crippen LogP contribution in [-0.4, -0.2) is 17.7 Å². The van der Waals surface area contributed by atoms with Gasteiger partial charge in [-0.1, -0.05) is 35.4 Å². The zero-order chi connectivity index (χ0) is 21.2. The van der Waals surface area contributed by atoms with Gasteiger partial charge in [-0.3, -0.25) is 14.4 Å². The zero-order valence-electron chi connectivity index (χ0n) is 16.7. The average molecular weight is 421 g/mol. The monoisotopic (exact) mass is 420 g/mol. The Hall–Kier alpha value is -2.92. The quantitative estimate of drug-likeness (QED) is 0.582. The molecule has 2 aliphatic carbocycles. The van der Waals surface area contributed by atoms with Crippen molar-refractivity contribution in [1.82, 2.24) is 0 Å². The van der Waals surface area contributed by atoms with Crippen LogP contribution in [0.5, 0.6) is 0 Å². The molecule has 152 valence electrons. The molecule has 0 radical (unpaired) electrons. The van der Waals surface area contributed by atoms with Gasteiger partial charge in [0.25, 0.3) is 5.91 Å². The van der Waals surface area contributed by atoms with Crippen LogP contribution in [0.15, 0.2) is 54.1 Å². The van der Waals surface area contributed by atoms with E-state index in [0.29, 0.717) is 22.0 Å². The highest BCUT2D eigenvalue weighted by Crippen LogP contribution is 2.55. The van der Waals surface area contributed by atoms with Crippen LogP contribution in [0.2, 0.25) is 5.02 Å². The van der Waals surface area contributed by atoms with E-state index in [1.807, 2.05) is 13.8 Å². The molecule has 2 aromatic carbocycles. The third-order valence-corrected chi connectivity index (χ3v) is 7.17. The van der Waals surface area contributed by atoms with E-state index in [0.717, 1.165) is 12.0 Å². The van der Waals surface area contributed by atoms with Crippen molar-refractivity contribution >= 4 is 40.7 Å². The summed E-state index contributed by atoms with van der Waals surface area (Å²) in [5.74, 6) is -0.828. The lowest BCUT2D eigenvalue weighted by molar-refractivity contribution is -0.123. The molecule has 0 aromatic heterocycles. The fourth-order valence-electron chi connectivity index (χ4n) is 5.25. The molecule has 3 aliphatic rings. The predicted octanol–water partition coefficient (Wildman–Crippen LogP) is 4.60. The van der Waals surface area contributed by atoms with Crippen molar-refractivity contribution < 1.29 is 14.4 Å². The van der Waals surface area contributed by atoms with Crippen molar-refractivity contribution in [2.75, 3.05) is 10.2 Å². The highest BCUT2D eigenvalue weighted by atomic mass is 35.5. The molecule has 0 spiro atoms. The van der Waals surface area contributed by atoms with Crippen LogP contribution in [0.1, 0.15) is 29.3 Å². The molecular formula is C24H21ClN2O3. The summed E-state index contributed by atoms with van der Waals surface area (Å²) in [7, 11) is 0. The highest BCUT2D eigenvalue weighted by Gasteiger charge is 2.60. The van der Waals surface area contributed by atoms with Crippen LogP contribution in [0.25, 0.3) is 0 Å². The molecular weight excluding hydrogens is 400 g/mol. The number of hydrogen-bond donors (Lipinski definition) is 1. The first kappa shape index (κ1) is 19.1. The first-order valence-electron chi connectivity index (χ1n) is 10.1. The molecule has 2 bridgehead atoms. The minimum absolute atomic E-state index is 0.145. The van der Waals surface area contributed by atoms with Gasteiger partial charge in [0.15, 0.2) is 0 Å². The van der Waals surface area contributed by atoms with Crippen LogP contribution < -0.4 is 10.2 Å². The number of amides is 3. The van der Waals surface area contributed by atoms with Gasteiger partial charge in [-0.25, -0.2) is 4.90 Å². The van der Waals surface area contributed by atoms with E-state index >= 15 is 0 Å². The summed E-state index contributed by atoms with van der Waals surface area (Å²) in [6.07, 6.45) is 3.05. The molecule has 5 rings (SSSR count). The third kappa shape index (κ3) is 2.72. The van der Waals surface area contributed by atoms with Gasteiger partial charge in [0.2, 0.25) is 11.8 Å². The number of benzene rings is 2. The molecule has 1 saturated heterocycles. The lowest BCUT2D eigenvalue weighted by Gasteiger charge is -2.19. The molecule has 4 atom stereocenters. The molecule has 2 aromatic rings. The SMILES string of the molecule is CC1=C[C@@H]2C[C@H]1[C@@H]1C(=O)N(c3cccc(C(=O)Nc4cccc(Cl)c4C)c3)C(=O)[C@@H]12. The number of rotatable bonds is 3. The maximum absolute atomic E-state index is 13.2. The minimum atomic E-state index is -0.320. The summed E-state index contributed by atoms with van der Waals surface area (Å²) in [4.78, 5) is 40.3. The number of anilines is 2. The Balaban J connectivity index is 1.42. The summed E-state index contributed by atoms with van der Waals surface area (Å²) >= 11 is 6.13. The Morgan fingerprint density at radius 1 is 1.07 bits per heavy atom. The number of halogens is 1. The van der Waals surface area contributed by atoms with Gasteiger partial charge in [0, 0.05) is 16.3 Å². The Labute approximate surface area is 179 Å². The van der Waals surface area contributed by atoms with Gasteiger partial charge in [-0.15, -0.1) is 0 Å². The number of allylic oxidation sites excluding steroid dienone is 2. The number of hydrogen-bond acceptors (Lipinski definition) is 3. The molecule has 1 heterocycles. The van der Waals surface area contributed by atoms with Crippen molar-refractivity contribution in [1.29, 1.82) is 0 Å². The van der Waals surface area contributed by atoms with E-state index in [1.54, 1.807) is 42.5 Å². The van der Waals surface area contributed by atoms with Gasteiger partial charge in [0.05, 0.1) is 17.5 Å². The Morgan fingerprint density at radius 3 is 2.60 bits per heavy atom. The first-order valence-corrected chi connectivity index (χ1v) is 10.5. The van der Waals surface area contributed by atoms with E-state index in [9.17, 15) is 14.4 Å². The number of carbonyl (C=O) groups is 3. The van der Waals surface area contributed by atoms with Crippen molar-refractivity contribution in [2.45, 2.75) is 20.3 Å². The predicted molar refractivity (Wildman–Crippen MR) is 115 cm³/mol. The molecule has 0 unspecified atom stereocenters. The largest absolute Gasteiger partial charge is 0.322 e. The van der Waals surface area contributed by atoms with E-state index < -0.39 is 0 Å². The molecule has 30 heavy (non-hydrogen) atoms. The second-order valence-corrected chi connectivity index (χ2v) is 8.80. The number of carbonyl (C=O) groups excluding carboxylic acids is 3. The van der Waals surface area contributed by atoms with Gasteiger partial charge >= 0.3 is 0 Å². The number of nitrogens with one attached hydrogen (secondary N) is 1. The topological polar surface area (TPSA) is 66.5 Å². The fraction of sp³-hybridized carbons (Fsp3) is 0.292. The van der Waals surface area contributed by atoms with Crippen molar-refractivity contribution in [3.05, 3.63) is 70.3 Å². The second kappa shape index (κ2) is 6.81. The number of fused-ring (bicyclic) bond motifs is 5. The summed E-state index contributed by atoms with van der Waals surface area (Å²) in [6.45, 7) is 3.88. The van der Waals surface area contributed by atoms with Gasteiger partial charge < -0.3 is 5.32 Å². The summed E-state index contributed by atoms with van der Waals surface area (Å²) in [5, 5.41) is 3.43. The fourth-order valence-corrected chi connectivity index (χ4v) is 5.43. The van der Waals surface area contributed by atoms with Gasteiger partial charge in [-0.05, 0) is 68.0 Å². The van der Waals surface area contributed by atoms with Crippen LogP contribution in [0, 0.1) is 30.6 Å². The summed E-state index contributed by atoms with van der Waals surface area (Å²) in [6, 6.07) is 12.0. The second-order valence-electron chi connectivity index (χ2n) is 8.40. The molecule has 1 aliphatic heterocycles. The van der Waals surface area contributed by atoms with Gasteiger partial charge in [0.1, 0.15) is 0 Å². The zero-order valence-corrected chi connectivity index (χ0v) is 17.4. The normalized spacial score (nSPS) is 26.8. The first-order chi connectivity index (χ1) is 14.4. The minimum Gasteiger partial charge on any atom is -0.322 e. The van der Waals surface area contributed by atoms with E-state index in [1.165, 1.54) is 10.5 Å². The summed E-state index contributed by atoms with van der Waals surface area (Å²) < 4.78 is 0. The smallest absolute Gasteiger partial charge is 0.255 e.